The number of primary amides is 1. The van der Waals surface area contributed by atoms with Gasteiger partial charge in [-0.3, -0.25) is 4.79 Å². The van der Waals surface area contributed by atoms with Crippen molar-refractivity contribution in [2.24, 2.45) is 5.73 Å². The van der Waals surface area contributed by atoms with Crippen molar-refractivity contribution in [2.45, 2.75) is 31.8 Å². The fraction of sp³-hybridized carbons (Fsp3) is 0.185. The summed E-state index contributed by atoms with van der Waals surface area (Å²) < 4.78 is 4.33. The smallest absolute Gasteiger partial charge is 0.253 e. The van der Waals surface area contributed by atoms with Crippen molar-refractivity contribution >= 4 is 17.5 Å². The molecule has 1 heterocycles. The second-order valence-corrected chi connectivity index (χ2v) is 8.42. The van der Waals surface area contributed by atoms with Crippen LogP contribution in [0.1, 0.15) is 28.9 Å². The van der Waals surface area contributed by atoms with Gasteiger partial charge in [0.25, 0.3) is 5.82 Å². The molecule has 1 aromatic heterocycles. The molecule has 0 aliphatic rings. The van der Waals surface area contributed by atoms with Gasteiger partial charge in [-0.25, -0.2) is 9.13 Å². The van der Waals surface area contributed by atoms with Gasteiger partial charge in [-0.05, 0) is 17.2 Å². The number of hydrogen-bond donors (Lipinski definition) is 1. The van der Waals surface area contributed by atoms with Gasteiger partial charge < -0.3 is 22.7 Å². The molecule has 1 amide bonds. The number of hydrogen-bond acceptors (Lipinski definition) is 1. The molecule has 2 N–H and O–H groups in total. The zero-order chi connectivity index (χ0) is 22.6. The lowest BCUT2D eigenvalue weighted by atomic mass is 9.71. The van der Waals surface area contributed by atoms with Crippen LogP contribution in [0.25, 0.3) is 0 Å². The van der Waals surface area contributed by atoms with Crippen LogP contribution in [0.15, 0.2) is 97.3 Å². The second-order valence-electron chi connectivity index (χ2n) is 8.01. The van der Waals surface area contributed by atoms with Crippen molar-refractivity contribution in [3.8, 4) is 0 Å². The van der Waals surface area contributed by atoms with E-state index in [-0.39, 0.29) is 22.9 Å². The summed E-state index contributed by atoms with van der Waals surface area (Å²) in [6, 6.07) is 27.5. The van der Waals surface area contributed by atoms with Gasteiger partial charge >= 0.3 is 0 Å². The molecule has 0 atom stereocenters. The van der Waals surface area contributed by atoms with Crippen molar-refractivity contribution in [1.82, 2.24) is 4.57 Å². The SMILES string of the molecule is Cc1n(CCC(C(N)=O)(c2ccccc2)c2ccccc2)cc[n+]1Cc1ccccc1Cl.[Br-]. The molecule has 33 heavy (non-hydrogen) atoms. The number of rotatable bonds is 8. The molecule has 0 radical (unpaired) electrons. The van der Waals surface area contributed by atoms with E-state index >= 15 is 0 Å². The molecule has 170 valence electrons. The normalized spacial score (nSPS) is 11.1. The van der Waals surface area contributed by atoms with E-state index in [1.54, 1.807) is 0 Å². The van der Waals surface area contributed by atoms with Crippen LogP contribution >= 0.6 is 11.6 Å². The molecule has 0 bridgehead atoms. The molecule has 3 aromatic carbocycles. The minimum Gasteiger partial charge on any atom is -1.00 e. The first-order chi connectivity index (χ1) is 15.5. The van der Waals surface area contributed by atoms with Gasteiger partial charge in [0.1, 0.15) is 24.4 Å². The topological polar surface area (TPSA) is 51.9 Å². The summed E-state index contributed by atoms with van der Waals surface area (Å²) in [6.45, 7) is 3.42. The Morgan fingerprint density at radius 3 is 2.03 bits per heavy atom. The van der Waals surface area contributed by atoms with Gasteiger partial charge in [0.15, 0.2) is 0 Å². The highest BCUT2D eigenvalue weighted by molar-refractivity contribution is 6.31. The molecule has 0 unspecified atom stereocenters. The number of aromatic nitrogens is 2. The zero-order valence-electron chi connectivity index (χ0n) is 18.5. The predicted octanol–water partition coefficient (Wildman–Crippen LogP) is 1.65. The minimum absolute atomic E-state index is 0. The Morgan fingerprint density at radius 2 is 1.48 bits per heavy atom. The maximum Gasteiger partial charge on any atom is 0.253 e. The lowest BCUT2D eigenvalue weighted by Gasteiger charge is -2.31. The van der Waals surface area contributed by atoms with Crippen LogP contribution in [-0.4, -0.2) is 10.5 Å². The van der Waals surface area contributed by atoms with Crippen molar-refractivity contribution in [1.29, 1.82) is 0 Å². The van der Waals surface area contributed by atoms with Crippen LogP contribution in [-0.2, 0) is 23.3 Å². The van der Waals surface area contributed by atoms with Gasteiger partial charge in [-0.15, -0.1) is 0 Å². The number of benzene rings is 3. The average Bonchev–Trinajstić information content (AvgIpc) is 3.16. The number of nitrogens with two attached hydrogens (primary N) is 1. The Bertz CT molecular complexity index is 1170. The van der Waals surface area contributed by atoms with E-state index < -0.39 is 5.41 Å². The summed E-state index contributed by atoms with van der Waals surface area (Å²) in [5.41, 5.74) is 8.07. The maximum absolute atomic E-state index is 13.0. The Kier molecular flexibility index (Phi) is 8.11. The highest BCUT2D eigenvalue weighted by Crippen LogP contribution is 2.36. The molecule has 4 aromatic rings. The van der Waals surface area contributed by atoms with Crippen molar-refractivity contribution in [2.75, 3.05) is 0 Å². The minimum atomic E-state index is -0.910. The van der Waals surface area contributed by atoms with Crippen LogP contribution in [0.3, 0.4) is 0 Å². The number of nitrogens with zero attached hydrogens (tertiary/aromatic N) is 2. The second kappa shape index (κ2) is 10.8. The highest BCUT2D eigenvalue weighted by Gasteiger charge is 2.40. The van der Waals surface area contributed by atoms with Crippen LogP contribution in [0, 0.1) is 6.92 Å². The molecule has 6 heteroatoms. The molecule has 0 aliphatic heterocycles. The molecular weight excluding hydrogens is 498 g/mol. The number of amides is 1. The van der Waals surface area contributed by atoms with E-state index in [4.69, 9.17) is 17.3 Å². The standard InChI is InChI=1S/C27H26ClN3O.BrH/c1-21-30(18-19-31(21)20-22-10-8-9-15-25(22)28)17-16-27(26(29)32,23-11-4-2-5-12-23)24-13-6-3-7-14-24;/h2-15,18-19H,16-17,20H2,1H3,(H-,29,32);1H. The van der Waals surface area contributed by atoms with Crippen LogP contribution in [0.4, 0.5) is 0 Å². The van der Waals surface area contributed by atoms with Crippen LogP contribution < -0.4 is 27.3 Å². The van der Waals surface area contributed by atoms with E-state index in [1.807, 2.05) is 91.1 Å². The molecule has 0 aliphatic carbocycles. The fourth-order valence-electron chi connectivity index (χ4n) is 4.35. The van der Waals surface area contributed by atoms with Gasteiger partial charge in [0.2, 0.25) is 5.91 Å². The molecule has 0 fully saturated rings. The Labute approximate surface area is 210 Å². The summed E-state index contributed by atoms with van der Waals surface area (Å²) in [6.07, 6.45) is 4.65. The van der Waals surface area contributed by atoms with E-state index in [0.29, 0.717) is 19.5 Å². The summed E-state index contributed by atoms with van der Waals surface area (Å²) >= 11 is 6.35. The molecule has 0 spiro atoms. The predicted molar refractivity (Wildman–Crippen MR) is 127 cm³/mol. The Balaban J connectivity index is 0.00000306. The summed E-state index contributed by atoms with van der Waals surface area (Å²) in [5.74, 6) is 0.744. The average molecular weight is 525 g/mol. The number of carbonyl (C=O) groups is 1. The number of halogens is 2. The summed E-state index contributed by atoms with van der Waals surface area (Å²) in [7, 11) is 0. The largest absolute Gasteiger partial charge is 1.00 e. The van der Waals surface area contributed by atoms with E-state index in [2.05, 4.69) is 22.3 Å². The van der Waals surface area contributed by atoms with Gasteiger partial charge in [0.05, 0.1) is 6.54 Å². The third kappa shape index (κ3) is 5.05. The first-order valence-electron chi connectivity index (χ1n) is 10.7. The lowest BCUT2D eigenvalue weighted by Crippen LogP contribution is -3.00. The van der Waals surface area contributed by atoms with Gasteiger partial charge in [-0.2, -0.15) is 0 Å². The number of carbonyl (C=O) groups excluding carboxylic acids is 1. The third-order valence-electron chi connectivity index (χ3n) is 6.24. The Hall–Kier alpha value is -2.89. The lowest BCUT2D eigenvalue weighted by molar-refractivity contribution is -0.694. The first kappa shape index (κ1) is 24.7. The maximum atomic E-state index is 13.0. The van der Waals surface area contributed by atoms with E-state index in [1.165, 1.54) is 0 Å². The molecule has 0 saturated carbocycles. The molecule has 4 nitrogen and oxygen atoms in total. The van der Waals surface area contributed by atoms with Gasteiger partial charge in [0, 0.05) is 23.9 Å². The van der Waals surface area contributed by atoms with Crippen molar-refractivity contribution in [3.63, 3.8) is 0 Å². The van der Waals surface area contributed by atoms with Gasteiger partial charge in [-0.1, -0.05) is 90.5 Å². The molecular formula is C27H27BrClN3O. The first-order valence-corrected chi connectivity index (χ1v) is 11.1. The number of imidazole rings is 1. The summed E-state index contributed by atoms with van der Waals surface area (Å²) in [4.78, 5) is 13.0. The van der Waals surface area contributed by atoms with E-state index in [9.17, 15) is 4.79 Å². The number of aryl methyl sites for hydroxylation is 1. The fourth-order valence-corrected chi connectivity index (χ4v) is 4.55. The molecule has 4 rings (SSSR count). The quantitative estimate of drug-likeness (QED) is 0.350. The van der Waals surface area contributed by atoms with Crippen molar-refractivity contribution in [3.05, 3.63) is 125 Å². The van der Waals surface area contributed by atoms with Crippen LogP contribution in [0.2, 0.25) is 5.02 Å². The zero-order valence-corrected chi connectivity index (χ0v) is 20.8. The monoisotopic (exact) mass is 523 g/mol. The van der Waals surface area contributed by atoms with E-state index in [0.717, 1.165) is 27.5 Å². The van der Waals surface area contributed by atoms with Crippen molar-refractivity contribution < 1.29 is 26.3 Å². The highest BCUT2D eigenvalue weighted by atomic mass is 79.9. The molecule has 0 saturated heterocycles. The third-order valence-corrected chi connectivity index (χ3v) is 6.61. The van der Waals surface area contributed by atoms with Crippen LogP contribution in [0.5, 0.6) is 0 Å². The Morgan fingerprint density at radius 1 is 0.939 bits per heavy atom. The summed E-state index contributed by atoms with van der Waals surface area (Å²) in [5, 5.41) is 0.757.